The number of Topliss-reactive ketones (excluding diaryl/α,β-unsaturated/α-hetero) is 1. The van der Waals surface area contributed by atoms with E-state index in [0.717, 1.165) is 11.1 Å². The summed E-state index contributed by atoms with van der Waals surface area (Å²) in [5.41, 5.74) is 2.12. The highest BCUT2D eigenvalue weighted by Crippen LogP contribution is 2.07. The Morgan fingerprint density at radius 2 is 1.60 bits per heavy atom. The normalized spacial score (nSPS) is 11.2. The molecule has 0 amide bonds. The van der Waals surface area contributed by atoms with E-state index in [-0.39, 0.29) is 5.78 Å². The number of hydrogen-bond donors (Lipinski definition) is 0. The molecular weight excluding hydrogens is 250 g/mol. The summed E-state index contributed by atoms with van der Waals surface area (Å²) in [5.74, 6) is -0.0455. The molecule has 2 rings (SSSR count). The Hall–Kier alpha value is -2.42. The van der Waals surface area contributed by atoms with E-state index in [1.807, 2.05) is 67.6 Å². The Kier molecular flexibility index (Phi) is 5.07. The second-order valence-electron chi connectivity index (χ2n) is 4.31. The van der Waals surface area contributed by atoms with Crippen LogP contribution in [0.2, 0.25) is 0 Å². The van der Waals surface area contributed by atoms with Gasteiger partial charge < -0.3 is 4.84 Å². The molecule has 0 aromatic heterocycles. The molecule has 0 saturated carbocycles. The molecule has 20 heavy (non-hydrogen) atoms. The maximum absolute atomic E-state index is 12.4. The fourth-order valence-corrected chi connectivity index (χ4v) is 1.85. The topological polar surface area (TPSA) is 38.7 Å². The molecule has 0 fully saturated rings. The van der Waals surface area contributed by atoms with Gasteiger partial charge in [0.2, 0.25) is 0 Å². The lowest BCUT2D eigenvalue weighted by atomic mass is 10.0. The van der Waals surface area contributed by atoms with Gasteiger partial charge in [0, 0.05) is 12.0 Å². The summed E-state index contributed by atoms with van der Waals surface area (Å²) in [6.45, 7) is 2.28. The highest BCUT2D eigenvalue weighted by atomic mass is 16.6. The van der Waals surface area contributed by atoms with Crippen molar-refractivity contribution in [3.05, 3.63) is 71.8 Å². The highest BCUT2D eigenvalue weighted by Gasteiger charge is 2.15. The molecule has 3 heteroatoms. The summed E-state index contributed by atoms with van der Waals surface area (Å²) in [6.07, 6.45) is 0.321. The molecule has 0 spiro atoms. The second-order valence-corrected chi connectivity index (χ2v) is 4.31. The SMILES string of the molecule is CCON=C(C(=O)Cc1ccccc1)c1ccccc1. The molecule has 0 N–H and O–H groups in total. The minimum absolute atomic E-state index is 0.0455. The number of carbonyl (C=O) groups is 1. The minimum atomic E-state index is -0.0455. The lowest BCUT2D eigenvalue weighted by molar-refractivity contribution is -0.112. The van der Waals surface area contributed by atoms with Crippen molar-refractivity contribution in [1.82, 2.24) is 0 Å². The Morgan fingerprint density at radius 1 is 1.00 bits per heavy atom. The van der Waals surface area contributed by atoms with Crippen LogP contribution in [-0.4, -0.2) is 18.1 Å². The molecule has 2 aromatic carbocycles. The Bertz CT molecular complexity index is 576. The number of ketones is 1. The van der Waals surface area contributed by atoms with Gasteiger partial charge in [0.25, 0.3) is 0 Å². The zero-order chi connectivity index (χ0) is 14.2. The van der Waals surface area contributed by atoms with Crippen LogP contribution in [0.25, 0.3) is 0 Å². The predicted molar refractivity (Wildman–Crippen MR) is 79.8 cm³/mol. The van der Waals surface area contributed by atoms with Crippen molar-refractivity contribution in [2.24, 2.45) is 5.16 Å². The molecule has 0 heterocycles. The van der Waals surface area contributed by atoms with Gasteiger partial charge in [-0.2, -0.15) is 0 Å². The lowest BCUT2D eigenvalue weighted by Gasteiger charge is -2.06. The van der Waals surface area contributed by atoms with Crippen LogP contribution in [0, 0.1) is 0 Å². The molecule has 0 atom stereocenters. The standard InChI is InChI=1S/C17H17NO2/c1-2-20-18-17(15-11-7-4-8-12-15)16(19)13-14-9-5-3-6-10-14/h3-12H,2,13H2,1H3. The zero-order valence-electron chi connectivity index (χ0n) is 11.5. The van der Waals surface area contributed by atoms with Crippen LogP contribution in [0.4, 0.5) is 0 Å². The van der Waals surface area contributed by atoms with Crippen molar-refractivity contribution < 1.29 is 9.63 Å². The molecule has 0 aliphatic carbocycles. The van der Waals surface area contributed by atoms with Gasteiger partial charge >= 0.3 is 0 Å². The van der Waals surface area contributed by atoms with E-state index >= 15 is 0 Å². The zero-order valence-corrected chi connectivity index (χ0v) is 11.5. The molecule has 0 aliphatic heterocycles. The average molecular weight is 267 g/mol. The number of carbonyl (C=O) groups excluding carboxylic acids is 1. The van der Waals surface area contributed by atoms with Crippen LogP contribution in [0.15, 0.2) is 65.8 Å². The third-order valence-electron chi connectivity index (χ3n) is 2.80. The summed E-state index contributed by atoms with van der Waals surface area (Å²) in [6, 6.07) is 19.0. The maximum Gasteiger partial charge on any atom is 0.189 e. The van der Waals surface area contributed by atoms with Crippen molar-refractivity contribution in [2.75, 3.05) is 6.61 Å². The number of hydrogen-bond acceptors (Lipinski definition) is 3. The first-order valence-corrected chi connectivity index (χ1v) is 6.63. The monoisotopic (exact) mass is 267 g/mol. The van der Waals surface area contributed by atoms with Crippen molar-refractivity contribution in [3.63, 3.8) is 0 Å². The van der Waals surface area contributed by atoms with Gasteiger partial charge in [0.15, 0.2) is 11.5 Å². The lowest BCUT2D eigenvalue weighted by Crippen LogP contribution is -2.18. The first-order chi connectivity index (χ1) is 9.81. The van der Waals surface area contributed by atoms with Gasteiger partial charge in [-0.1, -0.05) is 65.8 Å². The molecule has 0 radical (unpaired) electrons. The first-order valence-electron chi connectivity index (χ1n) is 6.63. The highest BCUT2D eigenvalue weighted by molar-refractivity contribution is 6.46. The first kappa shape index (κ1) is 14.0. The van der Waals surface area contributed by atoms with Crippen LogP contribution in [-0.2, 0) is 16.1 Å². The summed E-state index contributed by atoms with van der Waals surface area (Å²) < 4.78 is 0. The number of rotatable bonds is 6. The average Bonchev–Trinajstić information content (AvgIpc) is 2.50. The molecule has 0 unspecified atom stereocenters. The van der Waals surface area contributed by atoms with Crippen LogP contribution >= 0.6 is 0 Å². The van der Waals surface area contributed by atoms with Crippen LogP contribution in [0.1, 0.15) is 18.1 Å². The second kappa shape index (κ2) is 7.24. The van der Waals surface area contributed by atoms with Gasteiger partial charge in [-0.25, -0.2) is 0 Å². The Balaban J connectivity index is 2.21. The molecule has 102 valence electrons. The third kappa shape index (κ3) is 3.79. The van der Waals surface area contributed by atoms with Crippen LogP contribution < -0.4 is 0 Å². The van der Waals surface area contributed by atoms with Crippen molar-refractivity contribution in [1.29, 1.82) is 0 Å². The number of nitrogens with zero attached hydrogens (tertiary/aromatic N) is 1. The fourth-order valence-electron chi connectivity index (χ4n) is 1.85. The Morgan fingerprint density at radius 3 is 2.20 bits per heavy atom. The summed E-state index contributed by atoms with van der Waals surface area (Å²) in [4.78, 5) is 17.5. The van der Waals surface area contributed by atoms with Gasteiger partial charge in [-0.15, -0.1) is 0 Å². The molecule has 0 saturated heterocycles. The van der Waals surface area contributed by atoms with E-state index in [1.165, 1.54) is 0 Å². The van der Waals surface area contributed by atoms with E-state index in [2.05, 4.69) is 5.16 Å². The van der Waals surface area contributed by atoms with E-state index in [0.29, 0.717) is 18.7 Å². The number of oxime groups is 1. The third-order valence-corrected chi connectivity index (χ3v) is 2.80. The van der Waals surface area contributed by atoms with Gasteiger partial charge in [-0.05, 0) is 12.5 Å². The molecular formula is C17H17NO2. The van der Waals surface area contributed by atoms with E-state index in [9.17, 15) is 4.79 Å². The van der Waals surface area contributed by atoms with E-state index in [1.54, 1.807) is 0 Å². The Labute approximate surface area is 118 Å². The van der Waals surface area contributed by atoms with E-state index < -0.39 is 0 Å². The van der Waals surface area contributed by atoms with Gasteiger partial charge in [0.05, 0.1) is 0 Å². The van der Waals surface area contributed by atoms with Crippen LogP contribution in [0.3, 0.4) is 0 Å². The summed E-state index contributed by atoms with van der Waals surface area (Å²) >= 11 is 0. The fraction of sp³-hybridized carbons (Fsp3) is 0.176. The number of benzene rings is 2. The quantitative estimate of drug-likeness (QED) is 0.595. The van der Waals surface area contributed by atoms with E-state index in [4.69, 9.17) is 4.84 Å². The van der Waals surface area contributed by atoms with Crippen molar-refractivity contribution in [3.8, 4) is 0 Å². The minimum Gasteiger partial charge on any atom is -0.396 e. The van der Waals surface area contributed by atoms with Gasteiger partial charge in [0.1, 0.15) is 6.61 Å². The largest absolute Gasteiger partial charge is 0.396 e. The predicted octanol–water partition coefficient (Wildman–Crippen LogP) is 3.24. The maximum atomic E-state index is 12.4. The molecule has 2 aromatic rings. The summed E-state index contributed by atoms with van der Waals surface area (Å²) in [7, 11) is 0. The smallest absolute Gasteiger partial charge is 0.189 e. The molecule has 0 bridgehead atoms. The molecule has 3 nitrogen and oxygen atoms in total. The van der Waals surface area contributed by atoms with Crippen molar-refractivity contribution in [2.45, 2.75) is 13.3 Å². The molecule has 0 aliphatic rings. The van der Waals surface area contributed by atoms with Crippen molar-refractivity contribution >= 4 is 11.5 Å². The summed E-state index contributed by atoms with van der Waals surface area (Å²) in [5, 5.41) is 3.98. The van der Waals surface area contributed by atoms with Gasteiger partial charge in [-0.3, -0.25) is 4.79 Å². The van der Waals surface area contributed by atoms with Crippen LogP contribution in [0.5, 0.6) is 0 Å².